The van der Waals surface area contributed by atoms with Crippen LogP contribution in [0.3, 0.4) is 0 Å². The Bertz CT molecular complexity index is 491. The molecular formula is C15H18O4. The van der Waals surface area contributed by atoms with Crippen LogP contribution >= 0.6 is 0 Å². The largest absolute Gasteiger partial charge is 0.497 e. The summed E-state index contributed by atoms with van der Waals surface area (Å²) in [7, 11) is 1.70. The first-order chi connectivity index (χ1) is 9.21. The second-order valence-corrected chi connectivity index (χ2v) is 5.01. The lowest BCUT2D eigenvalue weighted by atomic mass is 9.87. The Labute approximate surface area is 112 Å². The van der Waals surface area contributed by atoms with Gasteiger partial charge in [0.1, 0.15) is 11.5 Å². The Balaban J connectivity index is 0.000000408. The number of hydrogen-bond acceptors (Lipinski definition) is 4. The van der Waals surface area contributed by atoms with Gasteiger partial charge in [-0.3, -0.25) is 0 Å². The third-order valence-electron chi connectivity index (χ3n) is 4.26. The molecule has 1 heterocycles. The van der Waals surface area contributed by atoms with E-state index in [2.05, 4.69) is 19.1 Å². The van der Waals surface area contributed by atoms with E-state index in [1.165, 1.54) is 24.8 Å². The number of benzene rings is 1. The van der Waals surface area contributed by atoms with Crippen molar-refractivity contribution in [2.75, 3.05) is 13.7 Å². The zero-order valence-electron chi connectivity index (χ0n) is 11.3. The van der Waals surface area contributed by atoms with Gasteiger partial charge in [-0.1, -0.05) is 19.4 Å². The van der Waals surface area contributed by atoms with Crippen molar-refractivity contribution in [3.63, 3.8) is 0 Å². The van der Waals surface area contributed by atoms with Crippen LogP contribution in [0, 0.1) is 5.92 Å². The Morgan fingerprint density at radius 1 is 1.47 bits per heavy atom. The molecule has 0 saturated heterocycles. The van der Waals surface area contributed by atoms with Crippen LogP contribution in [0.2, 0.25) is 0 Å². The smallest absolute Gasteiger partial charge is 0.373 e. The Morgan fingerprint density at radius 2 is 2.21 bits per heavy atom. The summed E-state index contributed by atoms with van der Waals surface area (Å²) < 4.78 is 11.0. The molecule has 3 rings (SSSR count). The molecule has 4 nitrogen and oxygen atoms in total. The van der Waals surface area contributed by atoms with E-state index in [9.17, 15) is 0 Å². The van der Waals surface area contributed by atoms with Crippen LogP contribution in [-0.4, -0.2) is 19.9 Å². The topological polar surface area (TPSA) is 52.6 Å². The van der Waals surface area contributed by atoms with Crippen molar-refractivity contribution < 1.29 is 19.1 Å². The lowest BCUT2D eigenvalue weighted by Gasteiger charge is -2.27. The third-order valence-corrected chi connectivity index (χ3v) is 4.26. The molecule has 0 amide bonds. The molecule has 2 atom stereocenters. The van der Waals surface area contributed by atoms with Gasteiger partial charge in [-0.2, -0.15) is 9.59 Å². The Kier molecular flexibility index (Phi) is 3.91. The molecule has 19 heavy (non-hydrogen) atoms. The van der Waals surface area contributed by atoms with Gasteiger partial charge in [-0.15, -0.1) is 0 Å². The molecular weight excluding hydrogens is 244 g/mol. The summed E-state index contributed by atoms with van der Waals surface area (Å²) in [5.74, 6) is 2.80. The van der Waals surface area contributed by atoms with Crippen LogP contribution in [0.1, 0.15) is 31.7 Å². The normalized spacial score (nSPS) is 26.3. The number of carbonyl (C=O) groups excluding carboxylic acids is 2. The van der Waals surface area contributed by atoms with E-state index in [-0.39, 0.29) is 6.15 Å². The summed E-state index contributed by atoms with van der Waals surface area (Å²) >= 11 is 0. The molecule has 0 bridgehead atoms. The van der Waals surface area contributed by atoms with Crippen molar-refractivity contribution in [2.45, 2.75) is 31.6 Å². The van der Waals surface area contributed by atoms with Crippen molar-refractivity contribution in [2.24, 2.45) is 5.92 Å². The Morgan fingerprint density at radius 3 is 2.79 bits per heavy atom. The number of methoxy groups -OCH3 is 1. The van der Waals surface area contributed by atoms with Gasteiger partial charge in [-0.25, -0.2) is 0 Å². The Hall–Kier alpha value is -1.80. The minimum Gasteiger partial charge on any atom is -0.497 e. The molecule has 1 fully saturated rings. The van der Waals surface area contributed by atoms with E-state index in [1.54, 1.807) is 7.11 Å². The highest BCUT2D eigenvalue weighted by atomic mass is 16.5. The predicted molar refractivity (Wildman–Crippen MR) is 68.2 cm³/mol. The summed E-state index contributed by atoms with van der Waals surface area (Å²) in [6.45, 7) is 3.15. The highest BCUT2D eigenvalue weighted by molar-refractivity contribution is 5.49. The minimum atomic E-state index is 0.250. The zero-order chi connectivity index (χ0) is 13.9. The monoisotopic (exact) mass is 262 g/mol. The highest BCUT2D eigenvalue weighted by Gasteiger charge is 2.56. The van der Waals surface area contributed by atoms with Gasteiger partial charge in [0.15, 0.2) is 0 Å². The lowest BCUT2D eigenvalue weighted by molar-refractivity contribution is -0.191. The number of ether oxygens (including phenoxy) is 2. The molecule has 4 heteroatoms. The van der Waals surface area contributed by atoms with Crippen LogP contribution in [0.4, 0.5) is 0 Å². The average Bonchev–Trinajstić information content (AvgIpc) is 3.13. The SMILES string of the molecule is CC[C@@H]1C[C@]12CCOc1cc(OC)ccc12.O=C=O. The fourth-order valence-electron chi connectivity index (χ4n) is 3.19. The second kappa shape index (κ2) is 5.45. The maximum atomic E-state index is 8.12. The zero-order valence-corrected chi connectivity index (χ0v) is 11.3. The third kappa shape index (κ3) is 2.36. The molecule has 0 unspecified atom stereocenters. The van der Waals surface area contributed by atoms with Gasteiger partial charge >= 0.3 is 6.15 Å². The molecule has 1 spiro atoms. The molecule has 0 radical (unpaired) electrons. The molecule has 0 aromatic heterocycles. The standard InChI is InChI=1S/C14H18O2.CO2/c1-3-10-9-14(10)6-7-16-13-8-11(15-2)4-5-12(13)14;2-1-3/h4-5,8,10H,3,6-7,9H2,1-2H3;/t10-,14-;/m1./s1. The summed E-state index contributed by atoms with van der Waals surface area (Å²) in [5.41, 5.74) is 1.85. The second-order valence-electron chi connectivity index (χ2n) is 5.01. The number of fused-ring (bicyclic) bond motifs is 2. The van der Waals surface area contributed by atoms with Crippen molar-refractivity contribution in [3.8, 4) is 11.5 Å². The fraction of sp³-hybridized carbons (Fsp3) is 0.533. The fourth-order valence-corrected chi connectivity index (χ4v) is 3.19. The first-order valence-corrected chi connectivity index (χ1v) is 6.52. The minimum absolute atomic E-state index is 0.250. The summed E-state index contributed by atoms with van der Waals surface area (Å²) in [4.78, 5) is 16.2. The summed E-state index contributed by atoms with van der Waals surface area (Å²) in [6, 6.07) is 6.28. The number of hydrogen-bond donors (Lipinski definition) is 0. The van der Waals surface area contributed by atoms with E-state index in [0.717, 1.165) is 24.0 Å². The van der Waals surface area contributed by atoms with E-state index in [0.29, 0.717) is 5.41 Å². The predicted octanol–water partition coefficient (Wildman–Crippen LogP) is 2.56. The molecule has 102 valence electrons. The number of rotatable bonds is 2. The molecule has 1 aromatic rings. The van der Waals surface area contributed by atoms with Gasteiger partial charge in [0.25, 0.3) is 0 Å². The summed E-state index contributed by atoms with van der Waals surface area (Å²) in [5, 5.41) is 0. The summed E-state index contributed by atoms with van der Waals surface area (Å²) in [6.07, 6.45) is 4.06. The molecule has 1 aromatic carbocycles. The van der Waals surface area contributed by atoms with Crippen LogP contribution in [0.5, 0.6) is 11.5 Å². The van der Waals surface area contributed by atoms with Gasteiger partial charge in [0, 0.05) is 17.0 Å². The van der Waals surface area contributed by atoms with Crippen molar-refractivity contribution >= 4 is 6.15 Å². The molecule has 1 aliphatic carbocycles. The van der Waals surface area contributed by atoms with Crippen LogP contribution in [0.25, 0.3) is 0 Å². The van der Waals surface area contributed by atoms with Crippen molar-refractivity contribution in [1.29, 1.82) is 0 Å². The lowest BCUT2D eigenvalue weighted by Crippen LogP contribution is -2.21. The van der Waals surface area contributed by atoms with Gasteiger partial charge < -0.3 is 9.47 Å². The van der Waals surface area contributed by atoms with Gasteiger partial charge in [0.2, 0.25) is 0 Å². The quantitative estimate of drug-likeness (QED) is 0.822. The van der Waals surface area contributed by atoms with E-state index < -0.39 is 0 Å². The molecule has 2 aliphatic rings. The maximum absolute atomic E-state index is 8.12. The van der Waals surface area contributed by atoms with E-state index >= 15 is 0 Å². The van der Waals surface area contributed by atoms with Crippen molar-refractivity contribution in [1.82, 2.24) is 0 Å². The van der Waals surface area contributed by atoms with Gasteiger partial charge in [-0.05, 0) is 24.8 Å². The maximum Gasteiger partial charge on any atom is 0.373 e. The molecule has 1 aliphatic heterocycles. The van der Waals surface area contributed by atoms with Crippen LogP contribution < -0.4 is 9.47 Å². The molecule has 1 saturated carbocycles. The first-order valence-electron chi connectivity index (χ1n) is 6.52. The van der Waals surface area contributed by atoms with Crippen molar-refractivity contribution in [3.05, 3.63) is 23.8 Å². The highest BCUT2D eigenvalue weighted by Crippen LogP contribution is 2.62. The average molecular weight is 262 g/mol. The first kappa shape index (κ1) is 13.6. The van der Waals surface area contributed by atoms with E-state index in [1.807, 2.05) is 6.07 Å². The molecule has 0 N–H and O–H groups in total. The van der Waals surface area contributed by atoms with Gasteiger partial charge in [0.05, 0.1) is 13.7 Å². The van der Waals surface area contributed by atoms with Crippen LogP contribution in [-0.2, 0) is 15.0 Å². The van der Waals surface area contributed by atoms with E-state index in [4.69, 9.17) is 19.1 Å². The van der Waals surface area contributed by atoms with Crippen LogP contribution in [0.15, 0.2) is 18.2 Å².